The van der Waals surface area contributed by atoms with Gasteiger partial charge in [-0.15, -0.1) is 11.3 Å². The normalized spacial score (nSPS) is 14.5. The van der Waals surface area contributed by atoms with E-state index in [1.54, 1.807) is 18.4 Å². The zero-order chi connectivity index (χ0) is 24.4. The Balaban J connectivity index is 1.47. The minimum absolute atomic E-state index is 0.0238. The summed E-state index contributed by atoms with van der Waals surface area (Å²) in [5.41, 5.74) is 3.65. The lowest BCUT2D eigenvalue weighted by Crippen LogP contribution is -2.44. The molecule has 1 N–H and O–H groups in total. The molecule has 0 amide bonds. The fourth-order valence-electron chi connectivity index (χ4n) is 4.15. The Bertz CT molecular complexity index is 1320. The number of pyridine rings is 1. The number of benzene rings is 1. The third kappa shape index (κ3) is 5.01. The average molecular weight is 491 g/mol. The molecule has 1 fully saturated rings. The summed E-state index contributed by atoms with van der Waals surface area (Å²) in [4.78, 5) is 18.8. The van der Waals surface area contributed by atoms with E-state index in [0.717, 1.165) is 70.5 Å². The van der Waals surface area contributed by atoms with E-state index in [2.05, 4.69) is 32.5 Å². The smallest absolute Gasteiger partial charge is 0.227 e. The van der Waals surface area contributed by atoms with Crippen molar-refractivity contribution in [1.82, 2.24) is 19.9 Å². The number of para-hydroxylation sites is 1. The minimum atomic E-state index is 0.0238. The van der Waals surface area contributed by atoms with Gasteiger partial charge in [0, 0.05) is 48.8 Å². The highest BCUT2D eigenvalue weighted by Crippen LogP contribution is 2.38. The standard InChI is InChI=1S/C26H30N6O2S/c1-17(2)34-22-13-24(32-11-9-31(3)10-12-32)27-14-20(22)29-26-28-15-23-25(30-26)19(16-35-23)18-7-5-6-8-21(18)33-4/h5-8,13-17H,9-12H2,1-4H3,(H,28,29,30). The number of hydrogen-bond donors (Lipinski definition) is 1. The van der Waals surface area contributed by atoms with Crippen LogP contribution in [0.5, 0.6) is 11.5 Å². The van der Waals surface area contributed by atoms with Crippen LogP contribution < -0.4 is 19.7 Å². The monoisotopic (exact) mass is 490 g/mol. The first-order valence-corrected chi connectivity index (χ1v) is 12.6. The molecule has 182 valence electrons. The van der Waals surface area contributed by atoms with Gasteiger partial charge in [0.2, 0.25) is 5.95 Å². The number of nitrogens with zero attached hydrogens (tertiary/aromatic N) is 5. The maximum Gasteiger partial charge on any atom is 0.227 e. The fourth-order valence-corrected chi connectivity index (χ4v) is 5.01. The number of rotatable bonds is 7. The summed E-state index contributed by atoms with van der Waals surface area (Å²) in [6.45, 7) is 7.97. The molecule has 1 aliphatic rings. The van der Waals surface area contributed by atoms with Crippen molar-refractivity contribution in [2.24, 2.45) is 0 Å². The van der Waals surface area contributed by atoms with E-state index in [-0.39, 0.29) is 6.10 Å². The Morgan fingerprint density at radius 2 is 1.80 bits per heavy atom. The van der Waals surface area contributed by atoms with Crippen LogP contribution in [-0.4, -0.2) is 66.3 Å². The van der Waals surface area contributed by atoms with Crippen LogP contribution in [-0.2, 0) is 0 Å². The van der Waals surface area contributed by atoms with E-state index in [1.807, 2.05) is 56.6 Å². The predicted molar refractivity (Wildman–Crippen MR) is 142 cm³/mol. The summed E-state index contributed by atoms with van der Waals surface area (Å²) in [5, 5.41) is 5.44. The number of fused-ring (bicyclic) bond motifs is 1. The number of anilines is 3. The summed E-state index contributed by atoms with van der Waals surface area (Å²) in [5.74, 6) is 2.97. The van der Waals surface area contributed by atoms with E-state index < -0.39 is 0 Å². The Morgan fingerprint density at radius 3 is 2.57 bits per heavy atom. The lowest BCUT2D eigenvalue weighted by molar-refractivity contribution is 0.243. The van der Waals surface area contributed by atoms with Gasteiger partial charge in [-0.25, -0.2) is 15.0 Å². The summed E-state index contributed by atoms with van der Waals surface area (Å²) < 4.78 is 12.7. The molecule has 9 heteroatoms. The molecule has 0 unspecified atom stereocenters. The molecule has 0 bridgehead atoms. The zero-order valence-corrected chi connectivity index (χ0v) is 21.3. The van der Waals surface area contributed by atoms with Crippen molar-refractivity contribution >= 4 is 39.0 Å². The van der Waals surface area contributed by atoms with E-state index in [4.69, 9.17) is 19.4 Å². The van der Waals surface area contributed by atoms with Crippen LogP contribution in [0.3, 0.4) is 0 Å². The van der Waals surface area contributed by atoms with Gasteiger partial charge in [0.1, 0.15) is 23.0 Å². The number of piperazine rings is 1. The Kier molecular flexibility index (Phi) is 6.70. The van der Waals surface area contributed by atoms with Crippen LogP contribution in [0, 0.1) is 0 Å². The van der Waals surface area contributed by atoms with Crippen LogP contribution in [0.2, 0.25) is 0 Å². The van der Waals surface area contributed by atoms with Gasteiger partial charge in [-0.05, 0) is 27.0 Å². The predicted octanol–water partition coefficient (Wildman–Crippen LogP) is 5.04. The highest BCUT2D eigenvalue weighted by Gasteiger charge is 2.19. The lowest BCUT2D eigenvalue weighted by Gasteiger charge is -2.33. The van der Waals surface area contributed by atoms with Crippen LogP contribution in [0.4, 0.5) is 17.5 Å². The van der Waals surface area contributed by atoms with Crippen LogP contribution in [0.1, 0.15) is 13.8 Å². The SMILES string of the molecule is COc1ccccc1-c1csc2cnc(Nc3cnc(N4CCN(C)CC4)cc3OC(C)C)nc12. The first-order chi connectivity index (χ1) is 17.0. The van der Waals surface area contributed by atoms with Gasteiger partial charge in [-0.3, -0.25) is 0 Å². The molecule has 0 aliphatic carbocycles. The Labute approximate surface area is 209 Å². The van der Waals surface area contributed by atoms with E-state index >= 15 is 0 Å². The number of ether oxygens (including phenoxy) is 2. The molecule has 8 nitrogen and oxygen atoms in total. The number of aromatic nitrogens is 3. The average Bonchev–Trinajstić information content (AvgIpc) is 3.28. The van der Waals surface area contributed by atoms with Crippen molar-refractivity contribution in [2.75, 3.05) is 50.6 Å². The van der Waals surface area contributed by atoms with E-state index in [1.165, 1.54) is 0 Å². The van der Waals surface area contributed by atoms with E-state index in [0.29, 0.717) is 5.95 Å². The number of thiophene rings is 1. The van der Waals surface area contributed by atoms with Gasteiger partial charge in [-0.2, -0.15) is 0 Å². The summed E-state index contributed by atoms with van der Waals surface area (Å²) in [6.07, 6.45) is 3.69. The summed E-state index contributed by atoms with van der Waals surface area (Å²) in [6, 6.07) is 9.99. The highest BCUT2D eigenvalue weighted by atomic mass is 32.1. The molecule has 0 spiro atoms. The first kappa shape index (κ1) is 23.3. The van der Waals surface area contributed by atoms with E-state index in [9.17, 15) is 0 Å². The fraction of sp³-hybridized carbons (Fsp3) is 0.346. The molecule has 3 aromatic heterocycles. The number of nitrogens with one attached hydrogen (secondary N) is 1. The topological polar surface area (TPSA) is 75.6 Å². The highest BCUT2D eigenvalue weighted by molar-refractivity contribution is 7.17. The first-order valence-electron chi connectivity index (χ1n) is 11.8. The van der Waals surface area contributed by atoms with Gasteiger partial charge < -0.3 is 24.6 Å². The molecule has 4 heterocycles. The summed E-state index contributed by atoms with van der Waals surface area (Å²) in [7, 11) is 3.83. The van der Waals surface area contributed by atoms with Crippen molar-refractivity contribution in [3.05, 3.63) is 48.1 Å². The van der Waals surface area contributed by atoms with Gasteiger partial charge in [0.15, 0.2) is 0 Å². The van der Waals surface area contributed by atoms with Crippen molar-refractivity contribution in [3.63, 3.8) is 0 Å². The molecular formula is C26H30N6O2S. The van der Waals surface area contributed by atoms with Crippen molar-refractivity contribution in [2.45, 2.75) is 20.0 Å². The molecule has 0 radical (unpaired) electrons. The number of hydrogen-bond acceptors (Lipinski definition) is 9. The van der Waals surface area contributed by atoms with Gasteiger partial charge in [-0.1, -0.05) is 18.2 Å². The maximum atomic E-state index is 6.16. The maximum absolute atomic E-state index is 6.16. The van der Waals surface area contributed by atoms with Gasteiger partial charge >= 0.3 is 0 Å². The molecule has 1 saturated heterocycles. The molecular weight excluding hydrogens is 460 g/mol. The van der Waals surface area contributed by atoms with Crippen LogP contribution in [0.25, 0.3) is 21.3 Å². The van der Waals surface area contributed by atoms with Crippen molar-refractivity contribution in [1.29, 1.82) is 0 Å². The second-order valence-corrected chi connectivity index (χ2v) is 9.79. The lowest BCUT2D eigenvalue weighted by atomic mass is 10.1. The molecule has 35 heavy (non-hydrogen) atoms. The third-order valence-electron chi connectivity index (χ3n) is 6.00. The molecule has 4 aromatic rings. The zero-order valence-electron chi connectivity index (χ0n) is 20.5. The largest absolute Gasteiger partial charge is 0.496 e. The Hall–Kier alpha value is -3.43. The molecule has 0 atom stereocenters. The summed E-state index contributed by atoms with van der Waals surface area (Å²) >= 11 is 1.62. The second-order valence-electron chi connectivity index (χ2n) is 8.88. The third-order valence-corrected chi connectivity index (χ3v) is 6.91. The molecule has 1 aromatic carbocycles. The Morgan fingerprint density at radius 1 is 1.00 bits per heavy atom. The molecule has 1 aliphatic heterocycles. The quantitative estimate of drug-likeness (QED) is 0.386. The van der Waals surface area contributed by atoms with Crippen molar-refractivity contribution < 1.29 is 9.47 Å². The van der Waals surface area contributed by atoms with Crippen LogP contribution >= 0.6 is 11.3 Å². The minimum Gasteiger partial charge on any atom is -0.496 e. The number of likely N-dealkylation sites (N-methyl/N-ethyl adjacent to an activating group) is 1. The second kappa shape index (κ2) is 10.1. The van der Waals surface area contributed by atoms with Crippen molar-refractivity contribution in [3.8, 4) is 22.6 Å². The van der Waals surface area contributed by atoms with Gasteiger partial charge in [0.25, 0.3) is 0 Å². The molecule has 0 saturated carbocycles. The van der Waals surface area contributed by atoms with Gasteiger partial charge in [0.05, 0.1) is 35.8 Å². The molecule has 5 rings (SSSR count). The number of methoxy groups -OCH3 is 1. The van der Waals surface area contributed by atoms with Crippen LogP contribution in [0.15, 0.2) is 48.1 Å².